The smallest absolute Gasteiger partial charge is 0.224 e. The van der Waals surface area contributed by atoms with Crippen molar-refractivity contribution < 1.29 is 4.74 Å². The Morgan fingerprint density at radius 3 is 2.46 bits per heavy atom. The van der Waals surface area contributed by atoms with Crippen molar-refractivity contribution in [2.24, 2.45) is 0 Å². The van der Waals surface area contributed by atoms with E-state index in [-0.39, 0.29) is 0 Å². The Morgan fingerprint density at radius 2 is 1.69 bits per heavy atom. The lowest BCUT2D eigenvalue weighted by Gasteiger charge is -2.37. The summed E-state index contributed by atoms with van der Waals surface area (Å²) in [6.45, 7) is 0.972. The van der Waals surface area contributed by atoms with Crippen molar-refractivity contribution in [2.75, 3.05) is 11.4 Å². The van der Waals surface area contributed by atoms with Gasteiger partial charge in [0.25, 0.3) is 0 Å². The van der Waals surface area contributed by atoms with Gasteiger partial charge in [0.15, 0.2) is 0 Å². The van der Waals surface area contributed by atoms with E-state index in [0.717, 1.165) is 36.7 Å². The Bertz CT molecular complexity index is 855. The van der Waals surface area contributed by atoms with Crippen LogP contribution in [0.1, 0.15) is 30.9 Å². The molecule has 4 rings (SSSR count). The number of hydrogen-bond donors (Lipinski definition) is 0. The first-order chi connectivity index (χ1) is 12.8. The standard InChI is InChI=1S/C21H20ClN3O/c22-21-23-14-13-20(24-21)25-15-5-4-8-19(25)16-9-11-18(12-10-16)26-17-6-2-1-3-7-17/h1-3,6-7,9-14,19H,4-5,8,15H2. The molecular formula is C21H20ClN3O. The monoisotopic (exact) mass is 365 g/mol. The first-order valence-electron chi connectivity index (χ1n) is 8.88. The number of nitrogens with zero attached hydrogens (tertiary/aromatic N) is 3. The van der Waals surface area contributed by atoms with Crippen molar-refractivity contribution in [3.8, 4) is 11.5 Å². The Labute approximate surface area is 158 Å². The fourth-order valence-electron chi connectivity index (χ4n) is 3.42. The summed E-state index contributed by atoms with van der Waals surface area (Å²) in [4.78, 5) is 10.7. The first kappa shape index (κ1) is 16.9. The molecule has 1 saturated heterocycles. The summed E-state index contributed by atoms with van der Waals surface area (Å²) in [7, 11) is 0. The third-order valence-corrected chi connectivity index (χ3v) is 4.83. The lowest BCUT2D eigenvalue weighted by molar-refractivity contribution is 0.465. The van der Waals surface area contributed by atoms with Crippen LogP contribution in [0.4, 0.5) is 5.82 Å². The van der Waals surface area contributed by atoms with Gasteiger partial charge in [0.05, 0.1) is 6.04 Å². The van der Waals surface area contributed by atoms with Crippen molar-refractivity contribution in [3.63, 3.8) is 0 Å². The Hall–Kier alpha value is -2.59. The second-order valence-electron chi connectivity index (χ2n) is 6.37. The zero-order chi connectivity index (χ0) is 17.8. The van der Waals surface area contributed by atoms with Gasteiger partial charge in [-0.15, -0.1) is 0 Å². The third-order valence-electron chi connectivity index (χ3n) is 4.65. The molecule has 0 saturated carbocycles. The molecule has 0 N–H and O–H groups in total. The van der Waals surface area contributed by atoms with Gasteiger partial charge in [-0.05, 0) is 66.8 Å². The van der Waals surface area contributed by atoms with E-state index < -0.39 is 0 Å². The van der Waals surface area contributed by atoms with Crippen LogP contribution in [-0.4, -0.2) is 16.5 Å². The number of ether oxygens (including phenoxy) is 1. The lowest BCUT2D eigenvalue weighted by atomic mass is 9.95. The van der Waals surface area contributed by atoms with Gasteiger partial charge < -0.3 is 9.64 Å². The van der Waals surface area contributed by atoms with Gasteiger partial charge in [-0.2, -0.15) is 0 Å². The van der Waals surface area contributed by atoms with Gasteiger partial charge in [0, 0.05) is 12.7 Å². The molecule has 1 aliphatic heterocycles. The summed E-state index contributed by atoms with van der Waals surface area (Å²) in [5.74, 6) is 2.57. The first-order valence-corrected chi connectivity index (χ1v) is 9.25. The molecule has 0 spiro atoms. The summed E-state index contributed by atoms with van der Waals surface area (Å²) < 4.78 is 5.90. The van der Waals surface area contributed by atoms with Crippen molar-refractivity contribution in [1.29, 1.82) is 0 Å². The molecule has 1 unspecified atom stereocenters. The van der Waals surface area contributed by atoms with Crippen LogP contribution in [-0.2, 0) is 0 Å². The average Bonchev–Trinajstić information content (AvgIpc) is 2.69. The molecule has 0 amide bonds. The zero-order valence-electron chi connectivity index (χ0n) is 14.4. The topological polar surface area (TPSA) is 38.2 Å². The zero-order valence-corrected chi connectivity index (χ0v) is 15.1. The van der Waals surface area contributed by atoms with Crippen LogP contribution in [0.25, 0.3) is 0 Å². The average molecular weight is 366 g/mol. The highest BCUT2D eigenvalue weighted by Gasteiger charge is 2.25. The SMILES string of the molecule is Clc1nccc(N2CCCCC2c2ccc(Oc3ccccc3)cc2)n1. The fourth-order valence-corrected chi connectivity index (χ4v) is 3.56. The number of aromatic nitrogens is 2. The molecule has 0 radical (unpaired) electrons. The van der Waals surface area contributed by atoms with E-state index >= 15 is 0 Å². The minimum atomic E-state index is 0.290. The number of benzene rings is 2. The van der Waals surface area contributed by atoms with Crippen molar-refractivity contribution in [1.82, 2.24) is 9.97 Å². The van der Waals surface area contributed by atoms with Gasteiger partial charge in [0.1, 0.15) is 17.3 Å². The fraction of sp³-hybridized carbons (Fsp3) is 0.238. The maximum atomic E-state index is 5.99. The molecule has 0 aliphatic carbocycles. The summed E-state index contributed by atoms with van der Waals surface area (Å²) >= 11 is 5.99. The summed E-state index contributed by atoms with van der Waals surface area (Å²) in [6, 6.07) is 20.4. The molecule has 0 bridgehead atoms. The molecule has 132 valence electrons. The number of hydrogen-bond acceptors (Lipinski definition) is 4. The highest BCUT2D eigenvalue weighted by Crippen LogP contribution is 2.35. The maximum Gasteiger partial charge on any atom is 0.224 e. The largest absolute Gasteiger partial charge is 0.457 e. The van der Waals surface area contributed by atoms with E-state index in [1.807, 2.05) is 48.5 Å². The van der Waals surface area contributed by atoms with Crippen LogP contribution >= 0.6 is 11.6 Å². The molecule has 2 heterocycles. The molecule has 1 aliphatic rings. The summed E-state index contributed by atoms with van der Waals surface area (Å²) in [5, 5.41) is 0.290. The van der Waals surface area contributed by atoms with E-state index in [0.29, 0.717) is 11.3 Å². The minimum absolute atomic E-state index is 0.290. The molecule has 3 aromatic rings. The van der Waals surface area contributed by atoms with Gasteiger partial charge >= 0.3 is 0 Å². The number of halogens is 1. The van der Waals surface area contributed by atoms with Crippen LogP contribution < -0.4 is 9.64 Å². The number of anilines is 1. The van der Waals surface area contributed by atoms with Crippen LogP contribution in [0, 0.1) is 0 Å². The second kappa shape index (κ2) is 7.75. The second-order valence-corrected chi connectivity index (χ2v) is 6.71. The van der Waals surface area contributed by atoms with Crippen LogP contribution in [0.15, 0.2) is 66.9 Å². The molecule has 1 atom stereocenters. The maximum absolute atomic E-state index is 5.99. The number of para-hydroxylation sites is 1. The van der Waals surface area contributed by atoms with E-state index in [2.05, 4.69) is 27.0 Å². The predicted molar refractivity (Wildman–Crippen MR) is 104 cm³/mol. The van der Waals surface area contributed by atoms with E-state index in [1.165, 1.54) is 12.0 Å². The molecule has 5 heteroatoms. The quantitative estimate of drug-likeness (QED) is 0.559. The van der Waals surface area contributed by atoms with Crippen LogP contribution in [0.3, 0.4) is 0 Å². The van der Waals surface area contributed by atoms with Crippen LogP contribution in [0.5, 0.6) is 11.5 Å². The lowest BCUT2D eigenvalue weighted by Crippen LogP contribution is -2.34. The molecule has 1 aromatic heterocycles. The van der Waals surface area contributed by atoms with Gasteiger partial charge in [-0.3, -0.25) is 0 Å². The number of piperidine rings is 1. The molecule has 4 nitrogen and oxygen atoms in total. The highest BCUT2D eigenvalue weighted by molar-refractivity contribution is 6.28. The Kier molecular flexibility index (Phi) is 5.02. The highest BCUT2D eigenvalue weighted by atomic mass is 35.5. The van der Waals surface area contributed by atoms with Gasteiger partial charge in [-0.1, -0.05) is 30.3 Å². The van der Waals surface area contributed by atoms with Crippen molar-refractivity contribution >= 4 is 17.4 Å². The van der Waals surface area contributed by atoms with Crippen molar-refractivity contribution in [2.45, 2.75) is 25.3 Å². The van der Waals surface area contributed by atoms with Gasteiger partial charge in [0.2, 0.25) is 5.28 Å². The number of rotatable bonds is 4. The molecule has 2 aromatic carbocycles. The van der Waals surface area contributed by atoms with Crippen LogP contribution in [0.2, 0.25) is 5.28 Å². The Morgan fingerprint density at radius 1 is 0.923 bits per heavy atom. The summed E-state index contributed by atoms with van der Waals surface area (Å²) in [5.41, 5.74) is 1.26. The normalized spacial score (nSPS) is 17.1. The summed E-state index contributed by atoms with van der Waals surface area (Å²) in [6.07, 6.45) is 5.18. The molecule has 26 heavy (non-hydrogen) atoms. The van der Waals surface area contributed by atoms with E-state index in [4.69, 9.17) is 16.3 Å². The molecule has 1 fully saturated rings. The van der Waals surface area contributed by atoms with E-state index in [1.54, 1.807) is 6.20 Å². The van der Waals surface area contributed by atoms with Gasteiger partial charge in [-0.25, -0.2) is 9.97 Å². The third kappa shape index (κ3) is 3.81. The minimum Gasteiger partial charge on any atom is -0.457 e. The van der Waals surface area contributed by atoms with Crippen molar-refractivity contribution in [3.05, 3.63) is 77.7 Å². The Balaban J connectivity index is 1.55. The van der Waals surface area contributed by atoms with E-state index in [9.17, 15) is 0 Å². The predicted octanol–water partition coefficient (Wildman–Crippen LogP) is 5.65. The molecular weight excluding hydrogens is 346 g/mol.